The summed E-state index contributed by atoms with van der Waals surface area (Å²) in [7, 11) is 0. The lowest BCUT2D eigenvalue weighted by Crippen LogP contribution is -2.38. The predicted octanol–water partition coefficient (Wildman–Crippen LogP) is 2.97. The molecule has 1 aliphatic carbocycles. The van der Waals surface area contributed by atoms with Crippen molar-refractivity contribution < 1.29 is 5.11 Å². The van der Waals surface area contributed by atoms with Gasteiger partial charge in [0.2, 0.25) is 0 Å². The van der Waals surface area contributed by atoms with Crippen molar-refractivity contribution in [1.29, 1.82) is 0 Å². The molecule has 1 aliphatic rings. The summed E-state index contributed by atoms with van der Waals surface area (Å²) in [6.45, 7) is 6.17. The summed E-state index contributed by atoms with van der Waals surface area (Å²) in [5.41, 5.74) is -0.457. The third-order valence-corrected chi connectivity index (χ3v) is 3.34. The third kappa shape index (κ3) is 2.22. The molecule has 0 spiro atoms. The summed E-state index contributed by atoms with van der Waals surface area (Å²) < 4.78 is 0. The van der Waals surface area contributed by atoms with Crippen LogP contribution in [0.5, 0.6) is 0 Å². The van der Waals surface area contributed by atoms with E-state index in [4.69, 9.17) is 0 Å². The highest BCUT2D eigenvalue weighted by Gasteiger charge is 2.34. The summed E-state index contributed by atoms with van der Waals surface area (Å²) in [4.78, 5) is 0. The van der Waals surface area contributed by atoms with E-state index < -0.39 is 5.60 Å². The Kier molecular flexibility index (Phi) is 3.16. The van der Waals surface area contributed by atoms with Crippen molar-refractivity contribution >= 4 is 0 Å². The van der Waals surface area contributed by atoms with Gasteiger partial charge in [0.1, 0.15) is 0 Å². The Morgan fingerprint density at radius 1 is 1.25 bits per heavy atom. The first-order chi connectivity index (χ1) is 5.55. The molecule has 1 rings (SSSR count). The van der Waals surface area contributed by atoms with E-state index in [1.54, 1.807) is 0 Å². The smallest absolute Gasteiger partial charge is 0.0622 e. The Morgan fingerprint density at radius 2 is 1.83 bits per heavy atom. The minimum absolute atomic E-state index is 0.457. The molecule has 2 unspecified atom stereocenters. The minimum Gasteiger partial charge on any atom is -0.390 e. The minimum atomic E-state index is -0.457. The van der Waals surface area contributed by atoms with Gasteiger partial charge in [-0.3, -0.25) is 0 Å². The van der Waals surface area contributed by atoms with Gasteiger partial charge >= 0.3 is 0 Å². The fourth-order valence-corrected chi connectivity index (χ4v) is 2.63. The zero-order valence-corrected chi connectivity index (χ0v) is 8.64. The predicted molar refractivity (Wildman–Crippen MR) is 52.0 cm³/mol. The van der Waals surface area contributed by atoms with E-state index in [-0.39, 0.29) is 0 Å². The number of rotatable bonds is 2. The Bertz CT molecular complexity index is 134. The molecule has 0 saturated heterocycles. The van der Waals surface area contributed by atoms with Gasteiger partial charge < -0.3 is 5.11 Å². The van der Waals surface area contributed by atoms with E-state index in [9.17, 15) is 5.11 Å². The molecule has 0 heterocycles. The normalized spacial score (nSPS) is 32.0. The fraction of sp³-hybridized carbons (Fsp3) is 1.00. The Balaban J connectivity index is 2.59. The standard InChI is InChI=1S/C11H22O/c1-4-9-7-5-6-8-10(9)11(2,3)12/h9-10,12H,4-8H2,1-3H3. The molecule has 1 saturated carbocycles. The van der Waals surface area contributed by atoms with E-state index in [1.807, 2.05) is 13.8 Å². The van der Waals surface area contributed by atoms with Crippen LogP contribution >= 0.6 is 0 Å². The molecule has 12 heavy (non-hydrogen) atoms. The molecule has 0 amide bonds. The molecular formula is C11H22O. The maximum absolute atomic E-state index is 9.94. The Labute approximate surface area is 76.2 Å². The van der Waals surface area contributed by atoms with E-state index in [2.05, 4.69) is 6.92 Å². The van der Waals surface area contributed by atoms with Crippen LogP contribution in [0.3, 0.4) is 0 Å². The molecule has 72 valence electrons. The second-order valence-corrected chi connectivity index (χ2v) is 4.71. The van der Waals surface area contributed by atoms with Gasteiger partial charge in [-0.15, -0.1) is 0 Å². The van der Waals surface area contributed by atoms with Gasteiger partial charge in [0.05, 0.1) is 5.60 Å². The first kappa shape index (κ1) is 10.0. The molecule has 2 atom stereocenters. The SMILES string of the molecule is CCC1CCCCC1C(C)(C)O. The molecule has 0 radical (unpaired) electrons. The van der Waals surface area contributed by atoms with Crippen LogP contribution in [0.2, 0.25) is 0 Å². The highest BCUT2D eigenvalue weighted by atomic mass is 16.3. The van der Waals surface area contributed by atoms with Gasteiger partial charge in [0, 0.05) is 0 Å². The largest absolute Gasteiger partial charge is 0.390 e. The van der Waals surface area contributed by atoms with Gasteiger partial charge in [-0.05, 0) is 32.1 Å². The Hall–Kier alpha value is -0.0400. The van der Waals surface area contributed by atoms with Crippen molar-refractivity contribution in [3.63, 3.8) is 0 Å². The molecule has 1 N–H and O–H groups in total. The maximum Gasteiger partial charge on any atom is 0.0622 e. The number of hydrogen-bond donors (Lipinski definition) is 1. The van der Waals surface area contributed by atoms with Crippen LogP contribution in [0, 0.1) is 11.8 Å². The molecular weight excluding hydrogens is 148 g/mol. The molecule has 1 heteroatoms. The van der Waals surface area contributed by atoms with Crippen LogP contribution in [0.25, 0.3) is 0 Å². The summed E-state index contributed by atoms with van der Waals surface area (Å²) in [6.07, 6.45) is 6.46. The van der Waals surface area contributed by atoms with Crippen LogP contribution in [0.4, 0.5) is 0 Å². The summed E-state index contributed by atoms with van der Waals surface area (Å²) >= 11 is 0. The second kappa shape index (κ2) is 3.78. The van der Waals surface area contributed by atoms with Gasteiger partial charge in [-0.1, -0.05) is 32.6 Å². The molecule has 1 fully saturated rings. The quantitative estimate of drug-likeness (QED) is 0.675. The number of hydrogen-bond acceptors (Lipinski definition) is 1. The van der Waals surface area contributed by atoms with Crippen molar-refractivity contribution in [2.45, 2.75) is 58.5 Å². The van der Waals surface area contributed by atoms with Crippen LogP contribution in [-0.4, -0.2) is 10.7 Å². The molecule has 0 bridgehead atoms. The average Bonchev–Trinajstić information content (AvgIpc) is 2.03. The van der Waals surface area contributed by atoms with Gasteiger partial charge in [-0.25, -0.2) is 0 Å². The molecule has 0 aromatic carbocycles. The van der Waals surface area contributed by atoms with Gasteiger partial charge in [0.15, 0.2) is 0 Å². The summed E-state index contributed by atoms with van der Waals surface area (Å²) in [5, 5.41) is 9.94. The molecule has 0 aromatic heterocycles. The maximum atomic E-state index is 9.94. The fourth-order valence-electron chi connectivity index (χ4n) is 2.63. The van der Waals surface area contributed by atoms with Crippen LogP contribution in [0.15, 0.2) is 0 Å². The summed E-state index contributed by atoms with van der Waals surface area (Å²) in [6, 6.07) is 0. The zero-order valence-electron chi connectivity index (χ0n) is 8.64. The van der Waals surface area contributed by atoms with Crippen molar-refractivity contribution in [1.82, 2.24) is 0 Å². The molecule has 0 aromatic rings. The van der Waals surface area contributed by atoms with Gasteiger partial charge in [-0.2, -0.15) is 0 Å². The van der Waals surface area contributed by atoms with Crippen molar-refractivity contribution in [2.24, 2.45) is 11.8 Å². The first-order valence-electron chi connectivity index (χ1n) is 5.28. The van der Waals surface area contributed by atoms with Crippen molar-refractivity contribution in [3.05, 3.63) is 0 Å². The molecule has 1 nitrogen and oxygen atoms in total. The lowest BCUT2D eigenvalue weighted by Gasteiger charge is -2.39. The van der Waals surface area contributed by atoms with E-state index in [1.165, 1.54) is 32.1 Å². The second-order valence-electron chi connectivity index (χ2n) is 4.71. The van der Waals surface area contributed by atoms with E-state index in [0.717, 1.165) is 5.92 Å². The number of aliphatic hydroxyl groups is 1. The van der Waals surface area contributed by atoms with Gasteiger partial charge in [0.25, 0.3) is 0 Å². The molecule has 0 aliphatic heterocycles. The van der Waals surface area contributed by atoms with E-state index in [0.29, 0.717) is 5.92 Å². The lowest BCUT2D eigenvalue weighted by atomic mass is 9.70. The monoisotopic (exact) mass is 170 g/mol. The highest BCUT2D eigenvalue weighted by molar-refractivity contribution is 4.85. The highest BCUT2D eigenvalue weighted by Crippen LogP contribution is 2.38. The average molecular weight is 170 g/mol. The van der Waals surface area contributed by atoms with Crippen LogP contribution < -0.4 is 0 Å². The first-order valence-corrected chi connectivity index (χ1v) is 5.28. The zero-order chi connectivity index (χ0) is 9.19. The van der Waals surface area contributed by atoms with E-state index >= 15 is 0 Å². The van der Waals surface area contributed by atoms with Crippen LogP contribution in [0.1, 0.15) is 52.9 Å². The van der Waals surface area contributed by atoms with Crippen molar-refractivity contribution in [3.8, 4) is 0 Å². The lowest BCUT2D eigenvalue weighted by molar-refractivity contribution is -0.0282. The topological polar surface area (TPSA) is 20.2 Å². The third-order valence-electron chi connectivity index (χ3n) is 3.34. The summed E-state index contributed by atoms with van der Waals surface area (Å²) in [5.74, 6) is 1.30. The Morgan fingerprint density at radius 3 is 2.25 bits per heavy atom. The van der Waals surface area contributed by atoms with Crippen molar-refractivity contribution in [2.75, 3.05) is 0 Å². The van der Waals surface area contributed by atoms with Crippen LogP contribution in [-0.2, 0) is 0 Å².